The third kappa shape index (κ3) is 6.40. The van der Waals surface area contributed by atoms with Crippen molar-refractivity contribution < 1.29 is 0 Å². The standard InChI is InChI=1S/C63H39N3/c1-7-19-52-46(13-1)37-47-14-2-8-20-53(47)58(52)40-25-31-43(32-26-40)61-64-62(44-33-27-41(28-34-44)59-54-21-9-3-15-48(54)38-49-16-4-10-22-55(49)59)66-63(65-61)45-35-29-42(30-36-45)60-56-23-11-5-17-50(56)39-51-18-6-12-24-57(51)60/h1-39H. The molecule has 0 fully saturated rings. The van der Waals surface area contributed by atoms with E-state index in [2.05, 4.69) is 237 Å². The second-order valence-electron chi connectivity index (χ2n) is 17.1. The van der Waals surface area contributed by atoms with Crippen LogP contribution in [-0.2, 0) is 0 Å². The zero-order valence-electron chi connectivity index (χ0n) is 35.9. The fraction of sp³-hybridized carbons (Fsp3) is 0. The molecule has 0 spiro atoms. The van der Waals surface area contributed by atoms with Crippen LogP contribution < -0.4 is 0 Å². The third-order valence-electron chi connectivity index (χ3n) is 13.2. The Balaban J connectivity index is 0.945. The molecule has 0 saturated carbocycles. The average molecular weight is 838 g/mol. The van der Waals surface area contributed by atoms with Crippen molar-refractivity contribution in [3.63, 3.8) is 0 Å². The molecule has 0 bridgehead atoms. The van der Waals surface area contributed by atoms with Gasteiger partial charge in [0.25, 0.3) is 0 Å². The number of fused-ring (bicyclic) bond motifs is 6. The highest BCUT2D eigenvalue weighted by molar-refractivity contribution is 6.15. The maximum Gasteiger partial charge on any atom is 0.164 e. The topological polar surface area (TPSA) is 38.7 Å². The molecule has 0 unspecified atom stereocenters. The van der Waals surface area contributed by atoms with Gasteiger partial charge in [-0.3, -0.25) is 0 Å². The van der Waals surface area contributed by atoms with Crippen molar-refractivity contribution in [2.75, 3.05) is 0 Å². The predicted molar refractivity (Wildman–Crippen MR) is 277 cm³/mol. The first-order valence-corrected chi connectivity index (χ1v) is 22.5. The molecule has 13 rings (SSSR count). The van der Waals surface area contributed by atoms with Crippen molar-refractivity contribution in [2.45, 2.75) is 0 Å². The minimum atomic E-state index is 0.623. The summed E-state index contributed by atoms with van der Waals surface area (Å²) in [4.78, 5) is 15.6. The van der Waals surface area contributed by atoms with Crippen molar-refractivity contribution in [3.8, 4) is 67.5 Å². The fourth-order valence-electron chi connectivity index (χ4n) is 10.1. The quantitative estimate of drug-likeness (QED) is 0.157. The van der Waals surface area contributed by atoms with Crippen LogP contribution in [-0.4, -0.2) is 15.0 Å². The molecule has 66 heavy (non-hydrogen) atoms. The van der Waals surface area contributed by atoms with Crippen LogP contribution in [0.5, 0.6) is 0 Å². The minimum Gasteiger partial charge on any atom is -0.208 e. The van der Waals surface area contributed by atoms with E-state index in [4.69, 9.17) is 15.0 Å². The Morgan fingerprint density at radius 2 is 0.364 bits per heavy atom. The summed E-state index contributed by atoms with van der Waals surface area (Å²) in [6.07, 6.45) is 0. The minimum absolute atomic E-state index is 0.623. The van der Waals surface area contributed by atoms with Crippen LogP contribution in [0.4, 0.5) is 0 Å². The maximum atomic E-state index is 5.22. The fourth-order valence-corrected chi connectivity index (χ4v) is 10.1. The normalized spacial score (nSPS) is 11.6. The van der Waals surface area contributed by atoms with Crippen LogP contribution in [0.3, 0.4) is 0 Å². The average Bonchev–Trinajstić information content (AvgIpc) is 3.39. The lowest BCUT2D eigenvalue weighted by Crippen LogP contribution is -2.00. The molecule has 0 amide bonds. The Kier molecular flexibility index (Phi) is 8.85. The SMILES string of the molecule is c1ccc2c(-c3ccc(-c4nc(-c5ccc(-c6c7ccccc7cc7ccccc67)cc5)nc(-c5ccc(-c6c7ccccc7cc7ccccc67)cc5)n4)cc3)c3ccccc3cc2c1. The number of nitrogens with zero attached hydrogens (tertiary/aromatic N) is 3. The number of benzene rings is 12. The van der Waals surface area contributed by atoms with Crippen LogP contribution in [0.2, 0.25) is 0 Å². The zero-order chi connectivity index (χ0) is 43.6. The van der Waals surface area contributed by atoms with E-state index in [0.29, 0.717) is 17.5 Å². The van der Waals surface area contributed by atoms with Crippen molar-refractivity contribution in [1.29, 1.82) is 0 Å². The first kappa shape index (κ1) is 37.7. The molecule has 1 heterocycles. The van der Waals surface area contributed by atoms with Gasteiger partial charge < -0.3 is 0 Å². The van der Waals surface area contributed by atoms with Gasteiger partial charge in [0, 0.05) is 16.7 Å². The van der Waals surface area contributed by atoms with Gasteiger partial charge in [-0.25, -0.2) is 15.0 Å². The van der Waals surface area contributed by atoms with Crippen molar-refractivity contribution >= 4 is 64.6 Å². The van der Waals surface area contributed by atoms with Crippen LogP contribution in [0.25, 0.3) is 132 Å². The summed E-state index contributed by atoms with van der Waals surface area (Å²) in [5, 5.41) is 14.7. The molecule has 0 radical (unpaired) electrons. The second-order valence-corrected chi connectivity index (χ2v) is 17.1. The highest BCUT2D eigenvalue weighted by Crippen LogP contribution is 2.41. The lowest BCUT2D eigenvalue weighted by Gasteiger charge is -2.14. The van der Waals surface area contributed by atoms with E-state index < -0.39 is 0 Å². The molecule has 3 nitrogen and oxygen atoms in total. The van der Waals surface area contributed by atoms with Crippen molar-refractivity contribution in [1.82, 2.24) is 15.0 Å². The van der Waals surface area contributed by atoms with E-state index in [-0.39, 0.29) is 0 Å². The van der Waals surface area contributed by atoms with Gasteiger partial charge in [-0.15, -0.1) is 0 Å². The molecule has 13 aromatic rings. The number of hydrogen-bond donors (Lipinski definition) is 0. The Bertz CT molecular complexity index is 3430. The predicted octanol–water partition coefficient (Wildman–Crippen LogP) is 16.8. The molecule has 0 aliphatic rings. The van der Waals surface area contributed by atoms with Crippen LogP contribution in [0, 0.1) is 0 Å². The van der Waals surface area contributed by atoms with Crippen LogP contribution in [0.1, 0.15) is 0 Å². The zero-order valence-corrected chi connectivity index (χ0v) is 35.9. The van der Waals surface area contributed by atoms with Crippen LogP contribution >= 0.6 is 0 Å². The van der Waals surface area contributed by atoms with Crippen LogP contribution in [0.15, 0.2) is 237 Å². The van der Waals surface area contributed by atoms with E-state index in [9.17, 15) is 0 Å². The Hall–Kier alpha value is -8.79. The summed E-state index contributed by atoms with van der Waals surface area (Å²) in [7, 11) is 0. The Labute approximate surface area is 382 Å². The highest BCUT2D eigenvalue weighted by atomic mass is 15.0. The molecule has 0 saturated heterocycles. The van der Waals surface area contributed by atoms with E-state index in [1.54, 1.807) is 0 Å². The van der Waals surface area contributed by atoms with E-state index in [1.807, 2.05) is 0 Å². The Morgan fingerprint density at radius 1 is 0.182 bits per heavy atom. The van der Waals surface area contributed by atoms with Crippen molar-refractivity contribution in [2.24, 2.45) is 0 Å². The molecule has 306 valence electrons. The molecule has 3 heteroatoms. The summed E-state index contributed by atoms with van der Waals surface area (Å²) >= 11 is 0. The first-order valence-electron chi connectivity index (χ1n) is 22.5. The van der Waals surface area contributed by atoms with Gasteiger partial charge in [0.15, 0.2) is 17.5 Å². The van der Waals surface area contributed by atoms with Gasteiger partial charge in [0.2, 0.25) is 0 Å². The molecule has 1 aromatic heterocycles. The summed E-state index contributed by atoms with van der Waals surface area (Å²) < 4.78 is 0. The highest BCUT2D eigenvalue weighted by Gasteiger charge is 2.17. The number of aromatic nitrogens is 3. The summed E-state index contributed by atoms with van der Waals surface area (Å²) in [6, 6.07) is 84.9. The van der Waals surface area contributed by atoms with Gasteiger partial charge in [-0.1, -0.05) is 218 Å². The number of hydrogen-bond acceptors (Lipinski definition) is 3. The monoisotopic (exact) mass is 837 g/mol. The lowest BCUT2D eigenvalue weighted by atomic mass is 9.91. The van der Waals surface area contributed by atoms with Gasteiger partial charge in [-0.2, -0.15) is 0 Å². The van der Waals surface area contributed by atoms with E-state index in [1.165, 1.54) is 81.3 Å². The van der Waals surface area contributed by atoms with Gasteiger partial charge >= 0.3 is 0 Å². The first-order chi connectivity index (χ1) is 32.7. The molecule has 0 atom stereocenters. The summed E-state index contributed by atoms with van der Waals surface area (Å²) in [6.45, 7) is 0. The van der Waals surface area contributed by atoms with Gasteiger partial charge in [0.05, 0.1) is 0 Å². The molecule has 12 aromatic carbocycles. The summed E-state index contributed by atoms with van der Waals surface area (Å²) in [5.74, 6) is 1.87. The van der Waals surface area contributed by atoms with E-state index >= 15 is 0 Å². The lowest BCUT2D eigenvalue weighted by molar-refractivity contribution is 1.07. The molecule has 0 aliphatic heterocycles. The molecule has 0 N–H and O–H groups in total. The van der Waals surface area contributed by atoms with E-state index in [0.717, 1.165) is 33.4 Å². The summed E-state index contributed by atoms with van der Waals surface area (Å²) in [5.41, 5.74) is 9.89. The second kappa shape index (κ2) is 15.5. The molecular weight excluding hydrogens is 799 g/mol. The van der Waals surface area contributed by atoms with Gasteiger partial charge in [-0.05, 0) is 116 Å². The largest absolute Gasteiger partial charge is 0.208 e. The third-order valence-corrected chi connectivity index (χ3v) is 13.2. The molecular formula is C63H39N3. The Morgan fingerprint density at radius 3 is 0.576 bits per heavy atom. The maximum absolute atomic E-state index is 5.22. The molecule has 0 aliphatic carbocycles. The number of rotatable bonds is 6. The van der Waals surface area contributed by atoms with Gasteiger partial charge in [0.1, 0.15) is 0 Å². The smallest absolute Gasteiger partial charge is 0.164 e. The van der Waals surface area contributed by atoms with Crippen molar-refractivity contribution in [3.05, 3.63) is 237 Å².